The number of benzene rings is 1. The van der Waals surface area contributed by atoms with Crippen molar-refractivity contribution in [3.8, 4) is 0 Å². The molecule has 1 aromatic carbocycles. The van der Waals surface area contributed by atoms with Crippen molar-refractivity contribution in [2.24, 2.45) is 10.7 Å². The maximum absolute atomic E-state index is 12.7. The molecule has 0 spiro atoms. The van der Waals surface area contributed by atoms with Crippen LogP contribution in [0.5, 0.6) is 0 Å². The molecule has 2 heterocycles. The first-order valence-electron chi connectivity index (χ1n) is 7.84. The largest absolute Gasteiger partial charge is 0.402 e. The molecule has 0 fully saturated rings. The van der Waals surface area contributed by atoms with Crippen molar-refractivity contribution in [3.05, 3.63) is 66.0 Å². The molecule has 0 aliphatic heterocycles. The SMILES string of the molecule is CN=C(/C=C(/C)N)C(=O)c1c[nH]c2nc(Nc3ccccc3)ccc12. The van der Waals surface area contributed by atoms with Crippen molar-refractivity contribution in [1.82, 2.24) is 9.97 Å². The Morgan fingerprint density at radius 2 is 2.00 bits per heavy atom. The summed E-state index contributed by atoms with van der Waals surface area (Å²) in [5.74, 6) is 0.505. The highest BCUT2D eigenvalue weighted by Gasteiger charge is 2.17. The van der Waals surface area contributed by atoms with Gasteiger partial charge in [0.1, 0.15) is 17.2 Å². The average Bonchev–Trinajstić information content (AvgIpc) is 3.03. The van der Waals surface area contributed by atoms with Crippen LogP contribution in [0.3, 0.4) is 0 Å². The highest BCUT2D eigenvalue weighted by molar-refractivity contribution is 6.51. The summed E-state index contributed by atoms with van der Waals surface area (Å²) in [7, 11) is 1.57. The van der Waals surface area contributed by atoms with Crippen LogP contribution in [0, 0.1) is 0 Å². The number of nitrogens with two attached hydrogens (primary N) is 1. The number of H-pyrrole nitrogens is 1. The lowest BCUT2D eigenvalue weighted by Gasteiger charge is -2.05. The summed E-state index contributed by atoms with van der Waals surface area (Å²) < 4.78 is 0. The fourth-order valence-corrected chi connectivity index (χ4v) is 2.52. The first-order chi connectivity index (χ1) is 12.1. The van der Waals surface area contributed by atoms with Crippen LogP contribution in [-0.4, -0.2) is 28.5 Å². The molecule has 25 heavy (non-hydrogen) atoms. The van der Waals surface area contributed by atoms with E-state index in [1.807, 2.05) is 42.5 Å². The van der Waals surface area contributed by atoms with Crippen molar-refractivity contribution in [2.75, 3.05) is 12.4 Å². The summed E-state index contributed by atoms with van der Waals surface area (Å²) in [6.45, 7) is 1.72. The van der Waals surface area contributed by atoms with Crippen molar-refractivity contribution in [2.45, 2.75) is 6.92 Å². The van der Waals surface area contributed by atoms with E-state index in [9.17, 15) is 4.79 Å². The van der Waals surface area contributed by atoms with Gasteiger partial charge in [0, 0.05) is 30.0 Å². The number of hydrogen-bond acceptors (Lipinski definition) is 5. The first kappa shape index (κ1) is 16.4. The van der Waals surface area contributed by atoms with Gasteiger partial charge >= 0.3 is 0 Å². The molecule has 0 saturated carbocycles. The third-order valence-corrected chi connectivity index (χ3v) is 3.67. The number of hydrogen-bond donors (Lipinski definition) is 3. The predicted octanol–water partition coefficient (Wildman–Crippen LogP) is 3.42. The van der Waals surface area contributed by atoms with Crippen LogP contribution in [0.15, 0.2) is 65.4 Å². The van der Waals surface area contributed by atoms with Crippen LogP contribution >= 0.6 is 0 Å². The molecule has 4 N–H and O–H groups in total. The molecule has 0 unspecified atom stereocenters. The van der Waals surface area contributed by atoms with Crippen LogP contribution in [0.2, 0.25) is 0 Å². The Bertz CT molecular complexity index is 966. The molecule has 6 nitrogen and oxygen atoms in total. The van der Waals surface area contributed by atoms with E-state index in [0.717, 1.165) is 11.1 Å². The fraction of sp³-hybridized carbons (Fsp3) is 0.105. The number of Topliss-reactive ketones (excluding diaryl/α,β-unsaturated/α-hetero) is 1. The Kier molecular flexibility index (Phi) is 4.61. The summed E-state index contributed by atoms with van der Waals surface area (Å²) in [5.41, 5.74) is 8.61. The number of nitrogens with one attached hydrogen (secondary N) is 2. The fourth-order valence-electron chi connectivity index (χ4n) is 2.52. The number of ketones is 1. The first-order valence-corrected chi connectivity index (χ1v) is 7.84. The van der Waals surface area contributed by atoms with Crippen LogP contribution < -0.4 is 11.1 Å². The zero-order valence-electron chi connectivity index (χ0n) is 14.1. The molecular formula is C19H19N5O. The molecule has 3 aromatic rings. The van der Waals surface area contributed by atoms with E-state index in [-0.39, 0.29) is 5.78 Å². The predicted molar refractivity (Wildman–Crippen MR) is 101 cm³/mol. The van der Waals surface area contributed by atoms with Gasteiger partial charge in [-0.25, -0.2) is 4.98 Å². The number of carbonyl (C=O) groups is 1. The molecule has 0 aliphatic rings. The lowest BCUT2D eigenvalue weighted by Crippen LogP contribution is -2.13. The molecule has 126 valence electrons. The number of nitrogens with zero attached hydrogens (tertiary/aromatic N) is 2. The van der Waals surface area contributed by atoms with Gasteiger partial charge in [0.05, 0.1) is 5.56 Å². The Labute approximate surface area is 145 Å². The summed E-state index contributed by atoms with van der Waals surface area (Å²) in [6, 6.07) is 13.5. The van der Waals surface area contributed by atoms with E-state index in [1.54, 1.807) is 26.2 Å². The van der Waals surface area contributed by atoms with E-state index >= 15 is 0 Å². The van der Waals surface area contributed by atoms with Gasteiger partial charge in [0.25, 0.3) is 0 Å². The lowest BCUT2D eigenvalue weighted by molar-refractivity contribution is 0.106. The minimum atomic E-state index is -0.191. The van der Waals surface area contributed by atoms with Gasteiger partial charge < -0.3 is 16.0 Å². The molecule has 0 radical (unpaired) electrons. The maximum atomic E-state index is 12.7. The van der Waals surface area contributed by atoms with Crippen LogP contribution in [0.4, 0.5) is 11.5 Å². The van der Waals surface area contributed by atoms with E-state index < -0.39 is 0 Å². The number of para-hydroxylation sites is 1. The molecule has 6 heteroatoms. The van der Waals surface area contributed by atoms with E-state index in [0.29, 0.717) is 28.4 Å². The Morgan fingerprint density at radius 1 is 1.24 bits per heavy atom. The minimum Gasteiger partial charge on any atom is -0.402 e. The van der Waals surface area contributed by atoms with Crippen LogP contribution in [0.1, 0.15) is 17.3 Å². The number of aromatic amines is 1. The summed E-state index contributed by atoms with van der Waals surface area (Å²) in [6.07, 6.45) is 3.22. The number of aromatic nitrogens is 2. The second kappa shape index (κ2) is 7.00. The zero-order chi connectivity index (χ0) is 17.8. The number of aliphatic imine (C=N–C) groups is 1. The topological polar surface area (TPSA) is 96.2 Å². The molecule has 3 rings (SSSR count). The van der Waals surface area contributed by atoms with Crippen molar-refractivity contribution >= 4 is 34.0 Å². The molecule has 0 saturated heterocycles. The van der Waals surface area contributed by atoms with Gasteiger partial charge in [-0.2, -0.15) is 0 Å². The van der Waals surface area contributed by atoms with Crippen LogP contribution in [0.25, 0.3) is 11.0 Å². The number of allylic oxidation sites excluding steroid dienone is 2. The Hall–Kier alpha value is -3.41. The highest BCUT2D eigenvalue weighted by atomic mass is 16.1. The second-order valence-electron chi connectivity index (χ2n) is 5.61. The second-order valence-corrected chi connectivity index (χ2v) is 5.61. The third kappa shape index (κ3) is 3.58. The molecule has 0 amide bonds. The van der Waals surface area contributed by atoms with E-state index in [1.165, 1.54) is 0 Å². The number of rotatable bonds is 5. The number of carbonyl (C=O) groups excluding carboxylic acids is 1. The van der Waals surface area contributed by atoms with E-state index in [4.69, 9.17) is 5.73 Å². The average molecular weight is 333 g/mol. The molecular weight excluding hydrogens is 314 g/mol. The highest BCUT2D eigenvalue weighted by Crippen LogP contribution is 2.22. The number of anilines is 2. The Balaban J connectivity index is 1.92. The number of fused-ring (bicyclic) bond motifs is 1. The minimum absolute atomic E-state index is 0.191. The smallest absolute Gasteiger partial charge is 0.213 e. The molecule has 2 aromatic heterocycles. The molecule has 0 bridgehead atoms. The quantitative estimate of drug-likeness (QED) is 0.492. The zero-order valence-corrected chi connectivity index (χ0v) is 14.1. The maximum Gasteiger partial charge on any atom is 0.213 e. The van der Waals surface area contributed by atoms with Gasteiger partial charge in [-0.15, -0.1) is 0 Å². The van der Waals surface area contributed by atoms with Gasteiger partial charge in [0.15, 0.2) is 0 Å². The monoisotopic (exact) mass is 333 g/mol. The standard InChI is InChI=1S/C19H19N5O/c1-12(20)10-16(21-2)18(25)15-11-22-19-14(15)8-9-17(24-19)23-13-6-4-3-5-7-13/h3-11H,20H2,1-2H3,(H2,22,23,24)/b12-10-,21-16?. The van der Waals surface area contributed by atoms with Crippen LogP contribution in [-0.2, 0) is 0 Å². The lowest BCUT2D eigenvalue weighted by atomic mass is 10.1. The van der Waals surface area contributed by atoms with Crippen molar-refractivity contribution in [1.29, 1.82) is 0 Å². The van der Waals surface area contributed by atoms with Crippen molar-refractivity contribution in [3.63, 3.8) is 0 Å². The van der Waals surface area contributed by atoms with Gasteiger partial charge in [0.2, 0.25) is 5.78 Å². The molecule has 0 atom stereocenters. The third-order valence-electron chi connectivity index (χ3n) is 3.67. The van der Waals surface area contributed by atoms with Gasteiger partial charge in [-0.1, -0.05) is 18.2 Å². The summed E-state index contributed by atoms with van der Waals surface area (Å²) >= 11 is 0. The van der Waals surface area contributed by atoms with Gasteiger partial charge in [-0.05, 0) is 37.3 Å². The van der Waals surface area contributed by atoms with E-state index in [2.05, 4.69) is 20.3 Å². The number of pyridine rings is 1. The summed E-state index contributed by atoms with van der Waals surface area (Å²) in [5, 5.41) is 3.97. The normalized spacial score (nSPS) is 12.4. The van der Waals surface area contributed by atoms with Crippen molar-refractivity contribution < 1.29 is 4.79 Å². The molecule has 0 aliphatic carbocycles. The summed E-state index contributed by atoms with van der Waals surface area (Å²) in [4.78, 5) is 24.3. The Morgan fingerprint density at radius 3 is 2.68 bits per heavy atom. The van der Waals surface area contributed by atoms with Gasteiger partial charge in [-0.3, -0.25) is 9.79 Å².